The fourth-order valence-corrected chi connectivity index (χ4v) is 3.37. The minimum atomic E-state index is -0.700. The highest BCUT2D eigenvalue weighted by Gasteiger charge is 2.18. The van der Waals surface area contributed by atoms with Gasteiger partial charge in [0.1, 0.15) is 0 Å². The van der Waals surface area contributed by atoms with Gasteiger partial charge < -0.3 is 9.67 Å². The van der Waals surface area contributed by atoms with Crippen LogP contribution in [0.15, 0.2) is 46.2 Å². The van der Waals surface area contributed by atoms with E-state index in [1.54, 1.807) is 17.9 Å². The first-order chi connectivity index (χ1) is 13.3. The van der Waals surface area contributed by atoms with Crippen molar-refractivity contribution in [1.29, 1.82) is 0 Å². The largest absolute Gasteiger partial charge is 0.390 e. The van der Waals surface area contributed by atoms with E-state index < -0.39 is 5.60 Å². The van der Waals surface area contributed by atoms with Gasteiger partial charge in [0, 0.05) is 20.1 Å². The summed E-state index contributed by atoms with van der Waals surface area (Å²) >= 11 is 0. The standard InChI is InChI=1S/C21H28N4O3/c1-4-21(2,28)12-8-9-13-25-19(26)17-18(23(3)20(25)27)22-15-24(17)14-16-10-6-5-7-11-16/h5-7,10-11,15,28H,4,8-9,12-14H2,1-3H3. The van der Waals surface area contributed by atoms with Gasteiger partial charge in [-0.1, -0.05) is 37.3 Å². The predicted molar refractivity (Wildman–Crippen MR) is 110 cm³/mol. The van der Waals surface area contributed by atoms with Crippen molar-refractivity contribution in [2.24, 2.45) is 7.05 Å². The van der Waals surface area contributed by atoms with Crippen molar-refractivity contribution in [2.45, 2.75) is 58.2 Å². The van der Waals surface area contributed by atoms with Crippen molar-refractivity contribution in [3.8, 4) is 0 Å². The smallest absolute Gasteiger partial charge is 0.332 e. The number of benzene rings is 1. The summed E-state index contributed by atoms with van der Waals surface area (Å²) in [5.41, 5.74) is 0.526. The van der Waals surface area contributed by atoms with Gasteiger partial charge >= 0.3 is 5.69 Å². The summed E-state index contributed by atoms with van der Waals surface area (Å²) in [6.07, 6.45) is 4.34. The minimum Gasteiger partial charge on any atom is -0.390 e. The van der Waals surface area contributed by atoms with Gasteiger partial charge in [-0.3, -0.25) is 13.9 Å². The fourth-order valence-electron chi connectivity index (χ4n) is 3.37. The van der Waals surface area contributed by atoms with E-state index in [1.165, 1.54) is 9.13 Å². The van der Waals surface area contributed by atoms with Crippen LogP contribution < -0.4 is 11.2 Å². The quantitative estimate of drug-likeness (QED) is 0.604. The molecule has 1 unspecified atom stereocenters. The molecule has 2 heterocycles. The monoisotopic (exact) mass is 384 g/mol. The number of rotatable bonds is 8. The Morgan fingerprint density at radius 2 is 1.86 bits per heavy atom. The van der Waals surface area contributed by atoms with Crippen LogP contribution in [0, 0.1) is 0 Å². The molecule has 150 valence electrons. The molecule has 0 aliphatic heterocycles. The second-order valence-electron chi connectivity index (χ2n) is 7.64. The van der Waals surface area contributed by atoms with Crippen molar-refractivity contribution < 1.29 is 5.11 Å². The highest BCUT2D eigenvalue weighted by Crippen LogP contribution is 2.17. The maximum Gasteiger partial charge on any atom is 0.332 e. The number of fused-ring (bicyclic) bond motifs is 1. The molecule has 0 aliphatic rings. The Bertz CT molecular complexity index is 1060. The van der Waals surface area contributed by atoms with E-state index in [0.29, 0.717) is 43.5 Å². The van der Waals surface area contributed by atoms with Crippen LogP contribution in [0.25, 0.3) is 11.2 Å². The lowest BCUT2D eigenvalue weighted by Gasteiger charge is -2.20. The normalized spacial score (nSPS) is 13.7. The van der Waals surface area contributed by atoms with Crippen LogP contribution in [0.3, 0.4) is 0 Å². The number of aryl methyl sites for hydroxylation is 1. The minimum absolute atomic E-state index is 0.311. The van der Waals surface area contributed by atoms with Crippen LogP contribution >= 0.6 is 0 Å². The van der Waals surface area contributed by atoms with Gasteiger partial charge in [-0.15, -0.1) is 0 Å². The van der Waals surface area contributed by atoms with E-state index in [1.807, 2.05) is 44.2 Å². The van der Waals surface area contributed by atoms with Crippen molar-refractivity contribution in [3.05, 3.63) is 63.1 Å². The van der Waals surface area contributed by atoms with E-state index in [-0.39, 0.29) is 11.2 Å². The molecule has 0 aliphatic carbocycles. The fraction of sp³-hybridized carbons (Fsp3) is 0.476. The second-order valence-corrected chi connectivity index (χ2v) is 7.64. The maximum absolute atomic E-state index is 13.1. The molecular formula is C21H28N4O3. The number of imidazole rings is 1. The topological polar surface area (TPSA) is 82.1 Å². The SMILES string of the molecule is CCC(C)(O)CCCCn1c(=O)c2c(ncn2Cc2ccccc2)n(C)c1=O. The molecular weight excluding hydrogens is 356 g/mol. The van der Waals surface area contributed by atoms with Crippen LogP contribution in [0.4, 0.5) is 0 Å². The number of unbranched alkanes of at least 4 members (excludes halogenated alkanes) is 1. The Labute approximate surface area is 163 Å². The van der Waals surface area contributed by atoms with E-state index in [0.717, 1.165) is 12.0 Å². The van der Waals surface area contributed by atoms with Gasteiger partial charge in [-0.05, 0) is 38.2 Å². The molecule has 1 N–H and O–H groups in total. The number of nitrogens with zero attached hydrogens (tertiary/aromatic N) is 4. The Kier molecular flexibility index (Phi) is 5.84. The first-order valence-electron chi connectivity index (χ1n) is 9.75. The summed E-state index contributed by atoms with van der Waals surface area (Å²) in [5, 5.41) is 10.1. The van der Waals surface area contributed by atoms with Gasteiger partial charge in [0.05, 0.1) is 11.9 Å². The Balaban J connectivity index is 1.90. The maximum atomic E-state index is 13.1. The van der Waals surface area contributed by atoms with Crippen molar-refractivity contribution in [1.82, 2.24) is 18.7 Å². The Morgan fingerprint density at radius 1 is 1.14 bits per heavy atom. The van der Waals surface area contributed by atoms with E-state index in [9.17, 15) is 14.7 Å². The summed E-state index contributed by atoms with van der Waals surface area (Å²) in [6.45, 7) is 4.61. The summed E-state index contributed by atoms with van der Waals surface area (Å²) in [6, 6.07) is 9.83. The molecule has 0 radical (unpaired) electrons. The van der Waals surface area contributed by atoms with Crippen LogP contribution in [-0.2, 0) is 20.1 Å². The lowest BCUT2D eigenvalue weighted by molar-refractivity contribution is 0.0440. The van der Waals surface area contributed by atoms with Crippen LogP contribution in [0.1, 0.15) is 45.1 Å². The van der Waals surface area contributed by atoms with E-state index in [4.69, 9.17) is 0 Å². The average Bonchev–Trinajstić information content (AvgIpc) is 3.10. The number of hydrogen-bond acceptors (Lipinski definition) is 4. The van der Waals surface area contributed by atoms with Crippen LogP contribution in [0.5, 0.6) is 0 Å². The third-order valence-electron chi connectivity index (χ3n) is 5.41. The third-order valence-corrected chi connectivity index (χ3v) is 5.41. The van der Waals surface area contributed by atoms with Gasteiger partial charge in [-0.2, -0.15) is 0 Å². The van der Waals surface area contributed by atoms with Gasteiger partial charge in [-0.25, -0.2) is 9.78 Å². The molecule has 0 fully saturated rings. The van der Waals surface area contributed by atoms with Crippen LogP contribution in [-0.4, -0.2) is 29.4 Å². The summed E-state index contributed by atoms with van der Waals surface area (Å²) in [4.78, 5) is 30.0. The first-order valence-corrected chi connectivity index (χ1v) is 9.75. The molecule has 2 aromatic heterocycles. The average molecular weight is 384 g/mol. The van der Waals surface area contributed by atoms with Crippen molar-refractivity contribution >= 4 is 11.2 Å². The highest BCUT2D eigenvalue weighted by molar-refractivity contribution is 5.70. The van der Waals surface area contributed by atoms with Crippen molar-refractivity contribution in [3.63, 3.8) is 0 Å². The molecule has 7 nitrogen and oxygen atoms in total. The molecule has 3 rings (SSSR count). The second kappa shape index (κ2) is 8.14. The molecule has 28 heavy (non-hydrogen) atoms. The number of hydrogen-bond donors (Lipinski definition) is 1. The van der Waals surface area contributed by atoms with E-state index >= 15 is 0 Å². The highest BCUT2D eigenvalue weighted by atomic mass is 16.3. The zero-order valence-electron chi connectivity index (χ0n) is 16.8. The van der Waals surface area contributed by atoms with E-state index in [2.05, 4.69) is 4.98 Å². The van der Waals surface area contributed by atoms with Gasteiger partial charge in [0.2, 0.25) is 0 Å². The van der Waals surface area contributed by atoms with Crippen molar-refractivity contribution in [2.75, 3.05) is 0 Å². The zero-order valence-corrected chi connectivity index (χ0v) is 16.8. The summed E-state index contributed by atoms with van der Waals surface area (Å²) < 4.78 is 4.51. The number of aromatic nitrogens is 4. The molecule has 1 atom stereocenters. The summed E-state index contributed by atoms with van der Waals surface area (Å²) in [5.74, 6) is 0. The Morgan fingerprint density at radius 3 is 2.54 bits per heavy atom. The third kappa shape index (κ3) is 4.09. The number of aliphatic hydroxyl groups is 1. The molecule has 3 aromatic rings. The Hall–Kier alpha value is -2.67. The summed E-state index contributed by atoms with van der Waals surface area (Å²) in [7, 11) is 1.64. The molecule has 7 heteroatoms. The zero-order chi connectivity index (χ0) is 20.3. The molecule has 0 amide bonds. The molecule has 0 bridgehead atoms. The molecule has 1 aromatic carbocycles. The molecule has 0 spiro atoms. The molecule has 0 saturated carbocycles. The van der Waals surface area contributed by atoms with Gasteiger partial charge in [0.25, 0.3) is 5.56 Å². The molecule has 0 saturated heterocycles. The lowest BCUT2D eigenvalue weighted by Crippen LogP contribution is -2.39. The predicted octanol–water partition coefficient (Wildman–Crippen LogP) is 2.28. The van der Waals surface area contributed by atoms with Gasteiger partial charge in [0.15, 0.2) is 11.2 Å². The van der Waals surface area contributed by atoms with Crippen LogP contribution in [0.2, 0.25) is 0 Å². The lowest BCUT2D eigenvalue weighted by atomic mass is 9.96. The first kappa shape index (κ1) is 20.1.